The summed E-state index contributed by atoms with van der Waals surface area (Å²) in [5, 5.41) is 0. The summed E-state index contributed by atoms with van der Waals surface area (Å²) in [5.41, 5.74) is -0.386. The second-order valence-electron chi connectivity index (χ2n) is 5.69. The van der Waals surface area contributed by atoms with Gasteiger partial charge in [-0.3, -0.25) is 9.79 Å². The van der Waals surface area contributed by atoms with Crippen LogP contribution in [-0.4, -0.2) is 24.2 Å². The van der Waals surface area contributed by atoms with Crippen LogP contribution in [0.4, 0.5) is 13.2 Å². The van der Waals surface area contributed by atoms with Gasteiger partial charge in [-0.2, -0.15) is 13.2 Å². The van der Waals surface area contributed by atoms with Gasteiger partial charge in [0.05, 0.1) is 0 Å². The van der Waals surface area contributed by atoms with Crippen molar-refractivity contribution in [2.45, 2.75) is 58.5 Å². The Morgan fingerprint density at radius 1 is 1.00 bits per heavy atom. The maximum atomic E-state index is 13.1. The van der Waals surface area contributed by atoms with Crippen molar-refractivity contribution in [2.24, 2.45) is 4.99 Å². The molecule has 0 amide bonds. The molecule has 23 heavy (non-hydrogen) atoms. The highest BCUT2D eigenvalue weighted by Gasteiger charge is 2.40. The topological polar surface area (TPSA) is 29.4 Å². The lowest BCUT2D eigenvalue weighted by atomic mass is 10.0. The summed E-state index contributed by atoms with van der Waals surface area (Å²) < 4.78 is 39.2. The number of aryl methyl sites for hydroxylation is 1. The normalized spacial score (nSPS) is 12.5. The molecule has 0 aliphatic carbocycles. The number of nitrogens with zero attached hydrogens (tertiary/aromatic N) is 1. The van der Waals surface area contributed by atoms with Crippen LogP contribution >= 0.6 is 0 Å². The summed E-state index contributed by atoms with van der Waals surface area (Å²) in [4.78, 5) is 15.6. The summed E-state index contributed by atoms with van der Waals surface area (Å²) in [6.45, 7) is 3.96. The first-order chi connectivity index (χ1) is 10.9. The highest BCUT2D eigenvalue weighted by Crippen LogP contribution is 2.21. The molecule has 1 aromatic rings. The van der Waals surface area contributed by atoms with Gasteiger partial charge in [-0.05, 0) is 13.3 Å². The van der Waals surface area contributed by atoms with E-state index in [1.165, 1.54) is 12.1 Å². The highest BCUT2D eigenvalue weighted by molar-refractivity contribution is 6.47. The second kappa shape index (κ2) is 9.48. The quantitative estimate of drug-likeness (QED) is 0.332. The van der Waals surface area contributed by atoms with Crippen LogP contribution < -0.4 is 0 Å². The molecule has 0 fully saturated rings. The molecule has 0 aromatic heterocycles. The van der Waals surface area contributed by atoms with Gasteiger partial charge in [0.25, 0.3) is 0 Å². The van der Waals surface area contributed by atoms with Gasteiger partial charge in [0.2, 0.25) is 5.78 Å². The Morgan fingerprint density at radius 2 is 1.57 bits per heavy atom. The smallest absolute Gasteiger partial charge is 0.287 e. The third kappa shape index (κ3) is 6.97. The zero-order valence-corrected chi connectivity index (χ0v) is 13.7. The van der Waals surface area contributed by atoms with Gasteiger partial charge in [0.1, 0.15) is 0 Å². The molecule has 0 radical (unpaired) electrons. The molecule has 1 aromatic carbocycles. The van der Waals surface area contributed by atoms with Gasteiger partial charge in [0, 0.05) is 12.1 Å². The van der Waals surface area contributed by atoms with Crippen LogP contribution in [-0.2, 0) is 0 Å². The highest BCUT2D eigenvalue weighted by atomic mass is 19.4. The van der Waals surface area contributed by atoms with Gasteiger partial charge in [0.15, 0.2) is 5.71 Å². The first-order valence-corrected chi connectivity index (χ1v) is 8.09. The molecule has 0 aliphatic heterocycles. The zero-order valence-electron chi connectivity index (χ0n) is 13.7. The number of hydrogen-bond acceptors (Lipinski definition) is 2. The number of benzene rings is 1. The molecule has 0 spiro atoms. The molecule has 0 saturated carbocycles. The lowest BCUT2D eigenvalue weighted by molar-refractivity contribution is -0.0583. The molecule has 5 heteroatoms. The van der Waals surface area contributed by atoms with E-state index in [1.807, 2.05) is 6.92 Å². The molecule has 2 nitrogen and oxygen atoms in total. The molecule has 0 atom stereocenters. The first-order valence-electron chi connectivity index (χ1n) is 8.09. The van der Waals surface area contributed by atoms with Crippen molar-refractivity contribution in [3.8, 4) is 0 Å². The Balaban J connectivity index is 2.67. The van der Waals surface area contributed by atoms with E-state index in [1.54, 1.807) is 12.1 Å². The minimum absolute atomic E-state index is 0.0228. The number of rotatable bonds is 9. The van der Waals surface area contributed by atoms with E-state index < -0.39 is 17.7 Å². The number of ketones is 1. The maximum absolute atomic E-state index is 13.1. The maximum Gasteiger partial charge on any atom is 0.436 e. The molecule has 0 bridgehead atoms. The number of hydrogen-bond donors (Lipinski definition) is 0. The van der Waals surface area contributed by atoms with Crippen molar-refractivity contribution in [1.29, 1.82) is 0 Å². The van der Waals surface area contributed by atoms with Crippen LogP contribution in [0.1, 0.15) is 61.4 Å². The number of halogens is 3. The fourth-order valence-electron chi connectivity index (χ4n) is 2.21. The van der Waals surface area contributed by atoms with E-state index in [4.69, 9.17) is 0 Å². The van der Waals surface area contributed by atoms with Crippen LogP contribution in [0.15, 0.2) is 29.3 Å². The molecular weight excluding hydrogens is 303 g/mol. The van der Waals surface area contributed by atoms with Crippen LogP contribution in [0.2, 0.25) is 0 Å². The average molecular weight is 327 g/mol. The molecule has 0 unspecified atom stereocenters. The van der Waals surface area contributed by atoms with Gasteiger partial charge < -0.3 is 0 Å². The predicted octanol–water partition coefficient (Wildman–Crippen LogP) is 5.54. The van der Waals surface area contributed by atoms with Crippen LogP contribution in [0, 0.1) is 6.92 Å². The van der Waals surface area contributed by atoms with E-state index in [9.17, 15) is 18.0 Å². The number of alkyl halides is 3. The van der Waals surface area contributed by atoms with E-state index in [0.717, 1.165) is 37.7 Å². The summed E-state index contributed by atoms with van der Waals surface area (Å²) in [6, 6.07) is 6.05. The number of carbonyl (C=O) groups is 1. The Bertz CT molecular complexity index is 518. The average Bonchev–Trinajstić information content (AvgIpc) is 2.49. The Labute approximate surface area is 135 Å². The monoisotopic (exact) mass is 327 g/mol. The van der Waals surface area contributed by atoms with E-state index in [0.29, 0.717) is 6.42 Å². The minimum atomic E-state index is -4.72. The first kappa shape index (κ1) is 19.4. The van der Waals surface area contributed by atoms with Crippen molar-refractivity contribution < 1.29 is 18.0 Å². The summed E-state index contributed by atoms with van der Waals surface area (Å²) in [5.74, 6) is -1.05. The van der Waals surface area contributed by atoms with Gasteiger partial charge in [-0.1, -0.05) is 68.9 Å². The number of unbranched alkanes of at least 4 members (excludes halogenated alkanes) is 5. The van der Waals surface area contributed by atoms with Gasteiger partial charge in [-0.15, -0.1) is 0 Å². The third-order valence-corrected chi connectivity index (χ3v) is 3.58. The Morgan fingerprint density at radius 3 is 2.13 bits per heavy atom. The fraction of sp³-hybridized carbons (Fsp3) is 0.556. The van der Waals surface area contributed by atoms with E-state index >= 15 is 0 Å². The van der Waals surface area contributed by atoms with Gasteiger partial charge >= 0.3 is 6.18 Å². The number of Topliss-reactive ketones (excluding diaryl/α,β-unsaturated/α-hetero) is 1. The van der Waals surface area contributed by atoms with Crippen LogP contribution in [0.5, 0.6) is 0 Å². The van der Waals surface area contributed by atoms with Crippen molar-refractivity contribution >= 4 is 11.5 Å². The molecule has 0 N–H and O–H groups in total. The molecule has 0 saturated heterocycles. The van der Waals surface area contributed by atoms with Crippen molar-refractivity contribution in [2.75, 3.05) is 6.54 Å². The Kier molecular flexibility index (Phi) is 8.00. The summed E-state index contributed by atoms with van der Waals surface area (Å²) in [7, 11) is 0. The Hall–Kier alpha value is -1.65. The molecule has 128 valence electrons. The molecule has 0 heterocycles. The SMILES string of the molecule is CCCCCCCCN=C(C(=O)c1ccc(C)cc1)C(F)(F)F. The van der Waals surface area contributed by atoms with Crippen LogP contribution in [0.3, 0.4) is 0 Å². The minimum Gasteiger partial charge on any atom is -0.287 e. The van der Waals surface area contributed by atoms with Gasteiger partial charge in [-0.25, -0.2) is 0 Å². The molecule has 1 rings (SSSR count). The largest absolute Gasteiger partial charge is 0.436 e. The van der Waals surface area contributed by atoms with E-state index in [2.05, 4.69) is 11.9 Å². The zero-order chi connectivity index (χ0) is 17.3. The van der Waals surface area contributed by atoms with Crippen molar-refractivity contribution in [3.05, 3.63) is 35.4 Å². The number of aliphatic imine (C=N–C) groups is 1. The third-order valence-electron chi connectivity index (χ3n) is 3.58. The fourth-order valence-corrected chi connectivity index (χ4v) is 2.21. The molecule has 0 aliphatic rings. The lowest BCUT2D eigenvalue weighted by Gasteiger charge is -2.10. The summed E-state index contributed by atoms with van der Waals surface area (Å²) >= 11 is 0. The lowest BCUT2D eigenvalue weighted by Crippen LogP contribution is -2.31. The number of carbonyl (C=O) groups excluding carboxylic acids is 1. The molecular formula is C18H24F3NO. The standard InChI is InChI=1S/C18H24F3NO/c1-3-4-5-6-7-8-13-22-17(18(19,20)21)16(23)15-11-9-14(2)10-12-15/h9-12H,3-8,13H2,1-2H3. The second-order valence-corrected chi connectivity index (χ2v) is 5.69. The summed E-state index contributed by atoms with van der Waals surface area (Å²) in [6.07, 6.45) is 1.05. The van der Waals surface area contributed by atoms with Crippen molar-refractivity contribution in [1.82, 2.24) is 0 Å². The van der Waals surface area contributed by atoms with Crippen LogP contribution in [0.25, 0.3) is 0 Å². The predicted molar refractivity (Wildman–Crippen MR) is 87.2 cm³/mol. The van der Waals surface area contributed by atoms with E-state index in [-0.39, 0.29) is 12.1 Å². The van der Waals surface area contributed by atoms with Crippen molar-refractivity contribution in [3.63, 3.8) is 0 Å².